The van der Waals surface area contributed by atoms with Gasteiger partial charge >= 0.3 is 0 Å². The Morgan fingerprint density at radius 3 is 2.94 bits per heavy atom. The van der Waals surface area contributed by atoms with E-state index in [1.807, 2.05) is 12.3 Å². The lowest BCUT2D eigenvalue weighted by atomic mass is 10.4. The van der Waals surface area contributed by atoms with Crippen molar-refractivity contribution in [3.05, 3.63) is 41.3 Å². The second kappa shape index (κ2) is 4.10. The number of aryl methyl sites for hydroxylation is 3. The zero-order valence-electron chi connectivity index (χ0n) is 9.89. The number of rotatable bonds is 3. The van der Waals surface area contributed by atoms with Gasteiger partial charge in [-0.2, -0.15) is 10.2 Å². The van der Waals surface area contributed by atoms with Crippen LogP contribution in [0.5, 0.6) is 0 Å². The van der Waals surface area contributed by atoms with Crippen molar-refractivity contribution >= 4 is 11.0 Å². The smallest absolute Gasteiger partial charge is 0.264 e. The summed E-state index contributed by atoms with van der Waals surface area (Å²) < 4.78 is 4.94. The van der Waals surface area contributed by atoms with Crippen LogP contribution in [0.1, 0.15) is 0 Å². The molecule has 0 saturated heterocycles. The predicted molar refractivity (Wildman–Crippen MR) is 65.0 cm³/mol. The molecule has 3 aromatic heterocycles. The Morgan fingerprint density at radius 2 is 2.17 bits per heavy atom. The van der Waals surface area contributed by atoms with Gasteiger partial charge in [0, 0.05) is 26.0 Å². The Balaban J connectivity index is 1.93. The molecule has 0 amide bonds. The molecule has 3 rings (SSSR count). The van der Waals surface area contributed by atoms with Crippen molar-refractivity contribution in [2.45, 2.75) is 13.1 Å². The molecular weight excluding hydrogens is 232 g/mol. The summed E-state index contributed by atoms with van der Waals surface area (Å²) in [4.78, 5) is 16.4. The van der Waals surface area contributed by atoms with Crippen LogP contribution in [0.15, 0.2) is 35.8 Å². The van der Waals surface area contributed by atoms with Gasteiger partial charge in [-0.3, -0.25) is 18.7 Å². The van der Waals surface area contributed by atoms with Gasteiger partial charge in [0.25, 0.3) is 5.56 Å². The molecule has 0 fully saturated rings. The molecule has 0 saturated carbocycles. The number of aromatic nitrogens is 6. The van der Waals surface area contributed by atoms with Crippen LogP contribution in [0.3, 0.4) is 0 Å². The SMILES string of the molecule is Cn1ncc2c(=O)n(CCn3cccn3)cnc21. The molecule has 7 heteroatoms. The van der Waals surface area contributed by atoms with Crippen LogP contribution in [-0.4, -0.2) is 29.1 Å². The summed E-state index contributed by atoms with van der Waals surface area (Å²) in [6, 6.07) is 1.85. The Morgan fingerprint density at radius 1 is 1.28 bits per heavy atom. The topological polar surface area (TPSA) is 70.5 Å². The monoisotopic (exact) mass is 244 g/mol. The van der Waals surface area contributed by atoms with E-state index in [2.05, 4.69) is 15.2 Å². The third-order valence-electron chi connectivity index (χ3n) is 2.85. The van der Waals surface area contributed by atoms with E-state index < -0.39 is 0 Å². The molecular formula is C11H12N6O. The fourth-order valence-electron chi connectivity index (χ4n) is 1.87. The summed E-state index contributed by atoms with van der Waals surface area (Å²) in [6.07, 6.45) is 6.68. The molecule has 0 spiro atoms. The van der Waals surface area contributed by atoms with Gasteiger partial charge in [-0.15, -0.1) is 0 Å². The molecule has 92 valence electrons. The maximum atomic E-state index is 12.1. The minimum absolute atomic E-state index is 0.0692. The van der Waals surface area contributed by atoms with Crippen molar-refractivity contribution < 1.29 is 0 Å². The summed E-state index contributed by atoms with van der Waals surface area (Å²) in [5.41, 5.74) is 0.538. The van der Waals surface area contributed by atoms with E-state index in [-0.39, 0.29) is 5.56 Å². The lowest BCUT2D eigenvalue weighted by molar-refractivity contribution is 0.521. The Labute approximate surface area is 102 Å². The fraction of sp³-hybridized carbons (Fsp3) is 0.273. The summed E-state index contributed by atoms with van der Waals surface area (Å²) >= 11 is 0. The minimum Gasteiger partial charge on any atom is -0.297 e. The lowest BCUT2D eigenvalue weighted by Crippen LogP contribution is -2.22. The molecule has 0 aliphatic rings. The summed E-state index contributed by atoms with van der Waals surface area (Å²) in [7, 11) is 1.77. The first-order valence-electron chi connectivity index (χ1n) is 5.60. The van der Waals surface area contributed by atoms with Crippen molar-refractivity contribution in [1.82, 2.24) is 29.1 Å². The molecule has 0 unspecified atom stereocenters. The Kier molecular flexibility index (Phi) is 2.44. The van der Waals surface area contributed by atoms with E-state index in [1.165, 1.54) is 0 Å². The lowest BCUT2D eigenvalue weighted by Gasteiger charge is -2.05. The Hall–Kier alpha value is -2.44. The summed E-state index contributed by atoms with van der Waals surface area (Å²) in [6.45, 7) is 1.18. The number of nitrogens with zero attached hydrogens (tertiary/aromatic N) is 6. The molecule has 0 atom stereocenters. The second-order valence-corrected chi connectivity index (χ2v) is 4.02. The van der Waals surface area contributed by atoms with Gasteiger partial charge in [-0.05, 0) is 6.07 Å². The third kappa shape index (κ3) is 1.69. The molecule has 3 aromatic rings. The molecule has 18 heavy (non-hydrogen) atoms. The zero-order chi connectivity index (χ0) is 12.5. The van der Waals surface area contributed by atoms with Crippen LogP contribution in [0.4, 0.5) is 0 Å². The predicted octanol–water partition coefficient (Wildman–Crippen LogP) is 0.0267. The van der Waals surface area contributed by atoms with Crippen LogP contribution < -0.4 is 5.56 Å². The van der Waals surface area contributed by atoms with E-state index in [4.69, 9.17) is 0 Å². The van der Waals surface area contributed by atoms with Crippen molar-refractivity contribution in [3.63, 3.8) is 0 Å². The average molecular weight is 244 g/mol. The maximum absolute atomic E-state index is 12.1. The first-order chi connectivity index (χ1) is 8.75. The molecule has 0 radical (unpaired) electrons. The van der Waals surface area contributed by atoms with Crippen LogP contribution in [0.25, 0.3) is 11.0 Å². The van der Waals surface area contributed by atoms with Gasteiger partial charge in [0.1, 0.15) is 11.7 Å². The zero-order valence-corrected chi connectivity index (χ0v) is 9.89. The molecule has 0 aromatic carbocycles. The van der Waals surface area contributed by atoms with Gasteiger partial charge < -0.3 is 0 Å². The van der Waals surface area contributed by atoms with E-state index in [0.29, 0.717) is 24.1 Å². The average Bonchev–Trinajstić information content (AvgIpc) is 2.99. The highest BCUT2D eigenvalue weighted by atomic mass is 16.1. The van der Waals surface area contributed by atoms with E-state index in [1.54, 1.807) is 39.7 Å². The molecule has 0 aliphatic carbocycles. The van der Waals surface area contributed by atoms with Gasteiger partial charge in [-0.25, -0.2) is 4.98 Å². The third-order valence-corrected chi connectivity index (χ3v) is 2.85. The van der Waals surface area contributed by atoms with Gasteiger partial charge in [0.2, 0.25) is 0 Å². The quantitative estimate of drug-likeness (QED) is 0.651. The number of hydrogen-bond donors (Lipinski definition) is 0. The highest BCUT2D eigenvalue weighted by molar-refractivity contribution is 5.72. The maximum Gasteiger partial charge on any atom is 0.264 e. The summed E-state index contributed by atoms with van der Waals surface area (Å²) in [5.74, 6) is 0. The number of hydrogen-bond acceptors (Lipinski definition) is 4. The summed E-state index contributed by atoms with van der Waals surface area (Å²) in [5, 5.41) is 8.66. The number of fused-ring (bicyclic) bond motifs is 1. The standard InChI is InChI=1S/C11H12N6O/c1-15-10-9(7-14-15)11(18)16(8-12-10)5-6-17-4-2-3-13-17/h2-4,7-8H,5-6H2,1H3. The van der Waals surface area contributed by atoms with E-state index in [0.717, 1.165) is 0 Å². The second-order valence-electron chi connectivity index (χ2n) is 4.02. The first-order valence-corrected chi connectivity index (χ1v) is 5.60. The first kappa shape index (κ1) is 10.7. The Bertz CT molecular complexity index is 724. The van der Waals surface area contributed by atoms with Gasteiger partial charge in [0.05, 0.1) is 12.7 Å². The molecule has 0 N–H and O–H groups in total. The minimum atomic E-state index is -0.0692. The largest absolute Gasteiger partial charge is 0.297 e. The van der Waals surface area contributed by atoms with E-state index in [9.17, 15) is 4.79 Å². The molecule has 7 nitrogen and oxygen atoms in total. The van der Waals surface area contributed by atoms with Crippen LogP contribution >= 0.6 is 0 Å². The van der Waals surface area contributed by atoms with E-state index >= 15 is 0 Å². The van der Waals surface area contributed by atoms with Gasteiger partial charge in [-0.1, -0.05) is 0 Å². The van der Waals surface area contributed by atoms with Crippen LogP contribution in [0.2, 0.25) is 0 Å². The van der Waals surface area contributed by atoms with Crippen LogP contribution in [-0.2, 0) is 20.1 Å². The van der Waals surface area contributed by atoms with Gasteiger partial charge in [0.15, 0.2) is 5.65 Å². The van der Waals surface area contributed by atoms with Crippen molar-refractivity contribution in [2.75, 3.05) is 0 Å². The fourth-order valence-corrected chi connectivity index (χ4v) is 1.87. The molecule has 0 aliphatic heterocycles. The van der Waals surface area contributed by atoms with Crippen molar-refractivity contribution in [3.8, 4) is 0 Å². The highest BCUT2D eigenvalue weighted by Crippen LogP contribution is 2.03. The van der Waals surface area contributed by atoms with Crippen molar-refractivity contribution in [1.29, 1.82) is 0 Å². The molecule has 0 bridgehead atoms. The van der Waals surface area contributed by atoms with Crippen molar-refractivity contribution in [2.24, 2.45) is 7.05 Å². The highest BCUT2D eigenvalue weighted by Gasteiger charge is 2.07. The normalized spacial score (nSPS) is 11.2. The molecule has 3 heterocycles. The van der Waals surface area contributed by atoms with Crippen LogP contribution in [0, 0.1) is 0 Å².